The van der Waals surface area contributed by atoms with E-state index < -0.39 is 5.41 Å². The molecule has 3 N–H and O–H groups in total. The van der Waals surface area contributed by atoms with Crippen LogP contribution >= 0.6 is 0 Å². The number of carbonyl (C=O) groups is 2. The van der Waals surface area contributed by atoms with Crippen LogP contribution in [0.3, 0.4) is 0 Å². The molecule has 1 aromatic rings. The third-order valence-electron chi connectivity index (χ3n) is 5.58. The average molecular weight is 344 g/mol. The molecular weight excluding hydrogens is 316 g/mol. The monoisotopic (exact) mass is 344 g/mol. The van der Waals surface area contributed by atoms with Gasteiger partial charge in [0.15, 0.2) is 0 Å². The molecule has 2 aliphatic rings. The molecule has 2 saturated heterocycles. The molecule has 0 bridgehead atoms. The lowest BCUT2D eigenvalue weighted by molar-refractivity contribution is -0.122. The van der Waals surface area contributed by atoms with E-state index in [0.29, 0.717) is 6.04 Å². The quantitative estimate of drug-likeness (QED) is 0.878. The Hall–Kier alpha value is -2.08. The maximum absolute atomic E-state index is 12.5. The summed E-state index contributed by atoms with van der Waals surface area (Å²) in [5, 5.41) is 2.96. The molecule has 6 nitrogen and oxygen atoms in total. The van der Waals surface area contributed by atoms with Gasteiger partial charge in [0.1, 0.15) is 0 Å². The molecule has 3 rings (SSSR count). The van der Waals surface area contributed by atoms with Crippen molar-refractivity contribution in [2.45, 2.75) is 44.6 Å². The number of anilines is 1. The van der Waals surface area contributed by atoms with Gasteiger partial charge < -0.3 is 16.0 Å². The largest absolute Gasteiger partial charge is 0.369 e. The first-order valence-corrected chi connectivity index (χ1v) is 9.08. The Morgan fingerprint density at radius 3 is 2.36 bits per heavy atom. The standard InChI is InChI=1S/C19H28N4O2/c1-19(2,17(20)24)14-5-7-15(8-6-14)21-18(25)23-12-9-16(13-23)22-10-3-4-11-22/h5-8,16H,3-4,9-13H2,1-2H3,(H2,20,24)(H,21,25)/t16-/m1/s1. The fraction of sp³-hybridized carbons (Fsp3) is 0.579. The van der Waals surface area contributed by atoms with Gasteiger partial charge in [0.25, 0.3) is 0 Å². The van der Waals surface area contributed by atoms with Crippen LogP contribution in [0.15, 0.2) is 24.3 Å². The molecular formula is C19H28N4O2. The van der Waals surface area contributed by atoms with E-state index in [2.05, 4.69) is 10.2 Å². The summed E-state index contributed by atoms with van der Waals surface area (Å²) in [4.78, 5) is 28.4. The molecule has 0 unspecified atom stereocenters. The van der Waals surface area contributed by atoms with Crippen molar-refractivity contribution in [2.24, 2.45) is 5.73 Å². The first-order chi connectivity index (χ1) is 11.9. The van der Waals surface area contributed by atoms with Gasteiger partial charge in [0.05, 0.1) is 5.41 Å². The van der Waals surface area contributed by atoms with E-state index in [-0.39, 0.29) is 11.9 Å². The van der Waals surface area contributed by atoms with E-state index >= 15 is 0 Å². The molecule has 136 valence electrons. The van der Waals surface area contributed by atoms with Crippen LogP contribution in [0.4, 0.5) is 10.5 Å². The first-order valence-electron chi connectivity index (χ1n) is 9.08. The number of nitrogens with two attached hydrogens (primary N) is 1. The molecule has 0 aliphatic carbocycles. The summed E-state index contributed by atoms with van der Waals surface area (Å²) in [6, 6.07) is 7.79. The molecule has 2 heterocycles. The van der Waals surface area contributed by atoms with Crippen molar-refractivity contribution in [3.8, 4) is 0 Å². The summed E-state index contributed by atoms with van der Waals surface area (Å²) < 4.78 is 0. The molecule has 0 aromatic heterocycles. The zero-order chi connectivity index (χ0) is 18.0. The number of nitrogens with zero attached hydrogens (tertiary/aromatic N) is 2. The molecule has 1 atom stereocenters. The number of hydrogen-bond donors (Lipinski definition) is 2. The predicted molar refractivity (Wildman–Crippen MR) is 98.5 cm³/mol. The van der Waals surface area contributed by atoms with Crippen molar-refractivity contribution in [3.63, 3.8) is 0 Å². The SMILES string of the molecule is CC(C)(C(N)=O)c1ccc(NC(=O)N2CC[C@@H](N3CCCC3)C2)cc1. The summed E-state index contributed by atoms with van der Waals surface area (Å²) in [6.45, 7) is 7.53. The number of primary amides is 1. The maximum Gasteiger partial charge on any atom is 0.321 e. The highest BCUT2D eigenvalue weighted by Gasteiger charge is 2.31. The predicted octanol–water partition coefficient (Wildman–Crippen LogP) is 2.15. The molecule has 25 heavy (non-hydrogen) atoms. The van der Waals surface area contributed by atoms with E-state index in [4.69, 9.17) is 5.73 Å². The number of urea groups is 1. The van der Waals surface area contributed by atoms with Gasteiger partial charge in [-0.1, -0.05) is 12.1 Å². The van der Waals surface area contributed by atoms with Gasteiger partial charge in [-0.25, -0.2) is 4.79 Å². The van der Waals surface area contributed by atoms with Crippen LogP contribution in [0.5, 0.6) is 0 Å². The Morgan fingerprint density at radius 2 is 1.76 bits per heavy atom. The Bertz CT molecular complexity index is 635. The summed E-state index contributed by atoms with van der Waals surface area (Å²) in [7, 11) is 0. The Kier molecular flexibility index (Phi) is 4.99. The lowest BCUT2D eigenvalue weighted by Gasteiger charge is -2.24. The number of hydrogen-bond acceptors (Lipinski definition) is 3. The summed E-state index contributed by atoms with van der Waals surface area (Å²) in [5.41, 5.74) is 6.30. The Balaban J connectivity index is 1.57. The lowest BCUT2D eigenvalue weighted by Crippen LogP contribution is -2.38. The summed E-state index contributed by atoms with van der Waals surface area (Å²) in [5.74, 6) is -0.366. The van der Waals surface area contributed by atoms with Gasteiger partial charge in [0.2, 0.25) is 5.91 Å². The average Bonchev–Trinajstić information content (AvgIpc) is 3.26. The zero-order valence-corrected chi connectivity index (χ0v) is 15.1. The third kappa shape index (κ3) is 3.79. The van der Waals surface area contributed by atoms with Gasteiger partial charge in [-0.3, -0.25) is 9.69 Å². The number of rotatable bonds is 4. The summed E-state index contributed by atoms with van der Waals surface area (Å²) in [6.07, 6.45) is 3.60. The molecule has 2 fully saturated rings. The number of amides is 3. The molecule has 0 saturated carbocycles. The highest BCUT2D eigenvalue weighted by Crippen LogP contribution is 2.25. The Labute approximate surface area is 149 Å². The minimum atomic E-state index is -0.722. The van der Waals surface area contributed by atoms with Crippen LogP contribution in [0.2, 0.25) is 0 Å². The van der Waals surface area contributed by atoms with Gasteiger partial charge in [-0.05, 0) is 63.9 Å². The van der Waals surface area contributed by atoms with Crippen LogP contribution in [-0.4, -0.2) is 54.0 Å². The van der Waals surface area contributed by atoms with Crippen molar-refractivity contribution in [1.82, 2.24) is 9.80 Å². The minimum absolute atomic E-state index is 0.0522. The van der Waals surface area contributed by atoms with Gasteiger partial charge >= 0.3 is 6.03 Å². The van der Waals surface area contributed by atoms with Crippen LogP contribution in [0.25, 0.3) is 0 Å². The van der Waals surface area contributed by atoms with E-state index in [1.54, 1.807) is 13.8 Å². The Morgan fingerprint density at radius 1 is 1.12 bits per heavy atom. The minimum Gasteiger partial charge on any atom is -0.369 e. The van der Waals surface area contributed by atoms with Crippen molar-refractivity contribution in [3.05, 3.63) is 29.8 Å². The number of benzene rings is 1. The van der Waals surface area contributed by atoms with Gasteiger partial charge in [-0.15, -0.1) is 0 Å². The van der Waals surface area contributed by atoms with Crippen molar-refractivity contribution < 1.29 is 9.59 Å². The lowest BCUT2D eigenvalue weighted by atomic mass is 9.84. The van der Waals surface area contributed by atoms with Crippen LogP contribution in [-0.2, 0) is 10.2 Å². The molecule has 3 amide bonds. The molecule has 0 spiro atoms. The molecule has 2 aliphatic heterocycles. The van der Waals surface area contributed by atoms with Gasteiger partial charge in [-0.2, -0.15) is 0 Å². The zero-order valence-electron chi connectivity index (χ0n) is 15.1. The van der Waals surface area contributed by atoms with Crippen LogP contribution < -0.4 is 11.1 Å². The first kappa shape index (κ1) is 17.7. The van der Waals surface area contributed by atoms with Gasteiger partial charge in [0, 0.05) is 24.8 Å². The molecule has 1 aromatic carbocycles. The number of likely N-dealkylation sites (tertiary alicyclic amines) is 2. The van der Waals surface area contributed by atoms with E-state index in [1.165, 1.54) is 12.8 Å². The second kappa shape index (κ2) is 7.04. The highest BCUT2D eigenvalue weighted by atomic mass is 16.2. The number of carbonyl (C=O) groups excluding carboxylic acids is 2. The molecule has 6 heteroatoms. The van der Waals surface area contributed by atoms with E-state index in [1.807, 2.05) is 29.2 Å². The van der Waals surface area contributed by atoms with Crippen molar-refractivity contribution >= 4 is 17.6 Å². The second-order valence-electron chi connectivity index (χ2n) is 7.63. The normalized spacial score (nSPS) is 21.5. The van der Waals surface area contributed by atoms with E-state index in [9.17, 15) is 9.59 Å². The molecule has 0 radical (unpaired) electrons. The van der Waals surface area contributed by atoms with Crippen molar-refractivity contribution in [1.29, 1.82) is 0 Å². The number of nitrogens with one attached hydrogen (secondary N) is 1. The fourth-order valence-electron chi connectivity index (χ4n) is 3.65. The third-order valence-corrected chi connectivity index (χ3v) is 5.58. The van der Waals surface area contributed by atoms with E-state index in [0.717, 1.165) is 43.9 Å². The van der Waals surface area contributed by atoms with Crippen LogP contribution in [0, 0.1) is 0 Å². The van der Waals surface area contributed by atoms with Crippen molar-refractivity contribution in [2.75, 3.05) is 31.5 Å². The fourth-order valence-corrected chi connectivity index (χ4v) is 3.65. The highest BCUT2D eigenvalue weighted by molar-refractivity contribution is 5.90. The smallest absolute Gasteiger partial charge is 0.321 e. The topological polar surface area (TPSA) is 78.7 Å². The van der Waals surface area contributed by atoms with Crippen LogP contribution in [0.1, 0.15) is 38.7 Å². The summed E-state index contributed by atoms with van der Waals surface area (Å²) >= 11 is 0. The maximum atomic E-state index is 12.5. The second-order valence-corrected chi connectivity index (χ2v) is 7.63.